The van der Waals surface area contributed by atoms with Gasteiger partial charge in [0.2, 0.25) is 10.0 Å². The molecule has 7 nitrogen and oxygen atoms in total. The number of nitro groups is 1. The molecule has 0 spiro atoms. The Bertz CT molecular complexity index is 608. The summed E-state index contributed by atoms with van der Waals surface area (Å²) in [5, 5.41) is 13.8. The number of rotatable bonds is 4. The highest BCUT2D eigenvalue weighted by atomic mass is 35.5. The van der Waals surface area contributed by atoms with Crippen LogP contribution in [0.2, 0.25) is 0 Å². The molecule has 1 aliphatic heterocycles. The zero-order valence-corrected chi connectivity index (χ0v) is 13.2. The third-order valence-electron chi connectivity index (χ3n) is 3.46. The van der Waals surface area contributed by atoms with E-state index in [1.54, 1.807) is 7.05 Å². The van der Waals surface area contributed by atoms with Crippen LogP contribution in [-0.4, -0.2) is 43.8 Å². The minimum Gasteiger partial charge on any atom is -0.316 e. The second-order valence-electron chi connectivity index (χ2n) is 4.75. The lowest BCUT2D eigenvalue weighted by atomic mass is 10.1. The van der Waals surface area contributed by atoms with Crippen molar-refractivity contribution in [3.8, 4) is 0 Å². The summed E-state index contributed by atoms with van der Waals surface area (Å²) in [6.07, 6.45) is 1.71. The van der Waals surface area contributed by atoms with E-state index in [1.165, 1.54) is 22.5 Å². The van der Waals surface area contributed by atoms with Gasteiger partial charge < -0.3 is 5.32 Å². The van der Waals surface area contributed by atoms with E-state index in [0.29, 0.717) is 13.1 Å². The lowest BCUT2D eigenvalue weighted by Gasteiger charge is -2.31. The molecule has 1 aromatic carbocycles. The number of non-ortho nitro benzene ring substituents is 1. The van der Waals surface area contributed by atoms with Gasteiger partial charge in [0.05, 0.1) is 9.82 Å². The quantitative estimate of drug-likeness (QED) is 0.663. The summed E-state index contributed by atoms with van der Waals surface area (Å²) >= 11 is 0. The molecular weight excluding hydrogens is 318 g/mol. The van der Waals surface area contributed by atoms with Gasteiger partial charge >= 0.3 is 0 Å². The second-order valence-corrected chi connectivity index (χ2v) is 6.68. The van der Waals surface area contributed by atoms with Crippen LogP contribution in [0.25, 0.3) is 0 Å². The van der Waals surface area contributed by atoms with Crippen molar-refractivity contribution < 1.29 is 13.3 Å². The van der Waals surface area contributed by atoms with Gasteiger partial charge in [-0.05, 0) is 26.0 Å². The Kier molecular flexibility index (Phi) is 6.09. The predicted molar refractivity (Wildman–Crippen MR) is 81.2 cm³/mol. The fourth-order valence-corrected chi connectivity index (χ4v) is 3.87. The monoisotopic (exact) mass is 335 g/mol. The molecule has 118 valence electrons. The second kappa shape index (κ2) is 7.17. The SMILES string of the molecule is CNC1CCCN(S(=O)(=O)c2cccc([N+](=O)[O-])c2)C1.Cl. The molecule has 0 saturated carbocycles. The molecule has 1 atom stereocenters. The van der Waals surface area contributed by atoms with Gasteiger partial charge in [0, 0.05) is 31.3 Å². The van der Waals surface area contributed by atoms with Gasteiger partial charge in [-0.1, -0.05) is 6.07 Å². The predicted octanol–water partition coefficient (Wildman–Crippen LogP) is 1.39. The Morgan fingerprint density at radius 1 is 1.43 bits per heavy atom. The smallest absolute Gasteiger partial charge is 0.270 e. The van der Waals surface area contributed by atoms with E-state index in [9.17, 15) is 18.5 Å². The fraction of sp³-hybridized carbons (Fsp3) is 0.500. The topological polar surface area (TPSA) is 92.6 Å². The molecule has 9 heteroatoms. The third kappa shape index (κ3) is 3.91. The third-order valence-corrected chi connectivity index (χ3v) is 5.32. The molecule has 2 rings (SSSR count). The van der Waals surface area contributed by atoms with E-state index < -0.39 is 14.9 Å². The molecule has 0 bridgehead atoms. The number of benzene rings is 1. The van der Waals surface area contributed by atoms with Gasteiger partial charge in [-0.3, -0.25) is 10.1 Å². The molecule has 1 aromatic rings. The number of nitro benzene ring substituents is 1. The minimum absolute atomic E-state index is 0. The van der Waals surface area contributed by atoms with Crippen LogP contribution in [-0.2, 0) is 10.0 Å². The van der Waals surface area contributed by atoms with Crippen molar-refractivity contribution in [3.05, 3.63) is 34.4 Å². The van der Waals surface area contributed by atoms with Crippen molar-refractivity contribution in [2.45, 2.75) is 23.8 Å². The molecule has 1 unspecified atom stereocenters. The number of nitrogens with zero attached hydrogens (tertiary/aromatic N) is 2. The maximum Gasteiger partial charge on any atom is 0.270 e. The maximum atomic E-state index is 12.5. The molecular formula is C12H18ClN3O4S. The lowest BCUT2D eigenvalue weighted by molar-refractivity contribution is -0.385. The van der Waals surface area contributed by atoms with E-state index in [1.807, 2.05) is 0 Å². The van der Waals surface area contributed by atoms with Crippen molar-refractivity contribution in [1.29, 1.82) is 0 Å². The van der Waals surface area contributed by atoms with Crippen LogP contribution in [0, 0.1) is 10.1 Å². The molecule has 0 aliphatic carbocycles. The molecule has 21 heavy (non-hydrogen) atoms. The Morgan fingerprint density at radius 3 is 2.76 bits per heavy atom. The lowest BCUT2D eigenvalue weighted by Crippen LogP contribution is -2.46. The Balaban J connectivity index is 0.00000220. The average Bonchev–Trinajstić information content (AvgIpc) is 2.47. The molecule has 1 saturated heterocycles. The average molecular weight is 336 g/mol. The first kappa shape index (κ1) is 17.8. The number of nitrogens with one attached hydrogen (secondary N) is 1. The van der Waals surface area contributed by atoms with Crippen molar-refractivity contribution >= 4 is 28.1 Å². The summed E-state index contributed by atoms with van der Waals surface area (Å²) in [6.45, 7) is 0.838. The normalized spacial score (nSPS) is 19.8. The van der Waals surface area contributed by atoms with Crippen LogP contribution in [0.4, 0.5) is 5.69 Å². The largest absolute Gasteiger partial charge is 0.316 e. The zero-order valence-electron chi connectivity index (χ0n) is 11.6. The van der Waals surface area contributed by atoms with E-state index in [0.717, 1.165) is 18.9 Å². The Labute approximate surface area is 129 Å². The summed E-state index contributed by atoms with van der Waals surface area (Å²) in [5.41, 5.74) is -0.215. The molecule has 0 aromatic heterocycles. The van der Waals surface area contributed by atoms with E-state index in [4.69, 9.17) is 0 Å². The van der Waals surface area contributed by atoms with E-state index in [-0.39, 0.29) is 29.0 Å². The van der Waals surface area contributed by atoms with Gasteiger partial charge in [0.25, 0.3) is 5.69 Å². The molecule has 1 fully saturated rings. The number of piperidine rings is 1. The van der Waals surface area contributed by atoms with Crippen LogP contribution in [0.15, 0.2) is 29.2 Å². The number of hydrogen-bond acceptors (Lipinski definition) is 5. The van der Waals surface area contributed by atoms with Gasteiger partial charge in [0.1, 0.15) is 0 Å². The first-order valence-corrected chi connectivity index (χ1v) is 7.81. The molecule has 1 aliphatic rings. The molecule has 0 radical (unpaired) electrons. The van der Waals surface area contributed by atoms with E-state index in [2.05, 4.69) is 5.32 Å². The molecule has 1 heterocycles. The minimum atomic E-state index is -3.67. The summed E-state index contributed by atoms with van der Waals surface area (Å²) in [7, 11) is -1.87. The number of halogens is 1. The van der Waals surface area contributed by atoms with Gasteiger partial charge in [-0.15, -0.1) is 12.4 Å². The summed E-state index contributed by atoms with van der Waals surface area (Å²) in [4.78, 5) is 10.1. The summed E-state index contributed by atoms with van der Waals surface area (Å²) in [6, 6.07) is 5.30. The van der Waals surface area contributed by atoms with Crippen molar-refractivity contribution in [1.82, 2.24) is 9.62 Å². The van der Waals surface area contributed by atoms with Crippen LogP contribution in [0.3, 0.4) is 0 Å². The van der Waals surface area contributed by atoms with Crippen LogP contribution in [0.5, 0.6) is 0 Å². The highest BCUT2D eigenvalue weighted by Crippen LogP contribution is 2.23. The number of sulfonamides is 1. The summed E-state index contributed by atoms with van der Waals surface area (Å²) < 4.78 is 26.4. The Hall–Kier alpha value is -1.22. The van der Waals surface area contributed by atoms with Crippen molar-refractivity contribution in [2.24, 2.45) is 0 Å². The van der Waals surface area contributed by atoms with Crippen molar-refractivity contribution in [3.63, 3.8) is 0 Å². The Morgan fingerprint density at radius 2 is 2.14 bits per heavy atom. The zero-order chi connectivity index (χ0) is 14.8. The highest BCUT2D eigenvalue weighted by molar-refractivity contribution is 7.89. The highest BCUT2D eigenvalue weighted by Gasteiger charge is 2.30. The summed E-state index contributed by atoms with van der Waals surface area (Å²) in [5.74, 6) is 0. The van der Waals surface area contributed by atoms with Crippen molar-refractivity contribution in [2.75, 3.05) is 20.1 Å². The number of likely N-dealkylation sites (N-methyl/N-ethyl adjacent to an activating group) is 1. The fourth-order valence-electron chi connectivity index (χ4n) is 2.30. The first-order valence-electron chi connectivity index (χ1n) is 6.37. The standard InChI is InChI=1S/C12H17N3O4S.ClH/c1-13-10-4-3-7-14(9-10)20(18,19)12-6-2-5-11(8-12)15(16)17;/h2,5-6,8,10,13H,3-4,7,9H2,1H3;1H. The van der Waals surface area contributed by atoms with E-state index >= 15 is 0 Å². The van der Waals surface area contributed by atoms with Gasteiger partial charge in [-0.2, -0.15) is 4.31 Å². The molecule has 0 amide bonds. The van der Waals surface area contributed by atoms with Gasteiger partial charge in [0.15, 0.2) is 0 Å². The number of hydrogen-bond donors (Lipinski definition) is 1. The van der Waals surface area contributed by atoms with Crippen LogP contribution >= 0.6 is 12.4 Å². The van der Waals surface area contributed by atoms with Crippen LogP contribution in [0.1, 0.15) is 12.8 Å². The maximum absolute atomic E-state index is 12.5. The van der Waals surface area contributed by atoms with Gasteiger partial charge in [-0.25, -0.2) is 8.42 Å². The van der Waals surface area contributed by atoms with Crippen LogP contribution < -0.4 is 5.32 Å². The molecule has 1 N–H and O–H groups in total. The first-order chi connectivity index (χ1) is 9.45.